The first-order valence-electron chi connectivity index (χ1n) is 5.74. The second-order valence-corrected chi connectivity index (χ2v) is 5.16. The van der Waals surface area contributed by atoms with Gasteiger partial charge in [0.15, 0.2) is 0 Å². The Morgan fingerprint density at radius 2 is 2.12 bits per heavy atom. The molecule has 1 heterocycles. The minimum atomic E-state index is 0.196. The Bertz CT molecular complexity index is 490. The maximum absolute atomic E-state index is 5.73. The third-order valence-electron chi connectivity index (χ3n) is 2.45. The third-order valence-corrected chi connectivity index (χ3v) is 3.39. The minimum absolute atomic E-state index is 0.196. The van der Waals surface area contributed by atoms with Gasteiger partial charge in [-0.2, -0.15) is 0 Å². The average molecular weight is 247 g/mol. The van der Waals surface area contributed by atoms with Gasteiger partial charge in [0.1, 0.15) is 5.75 Å². The van der Waals surface area contributed by atoms with Gasteiger partial charge >= 0.3 is 0 Å². The minimum Gasteiger partial charge on any atom is -0.491 e. The van der Waals surface area contributed by atoms with E-state index in [1.54, 1.807) is 11.3 Å². The normalized spacial score (nSPS) is 10.8. The van der Waals surface area contributed by atoms with Crippen molar-refractivity contribution in [2.45, 2.75) is 26.5 Å². The number of rotatable bonds is 4. The lowest BCUT2D eigenvalue weighted by atomic mass is 10.1. The molecule has 1 aromatic carbocycles. The van der Waals surface area contributed by atoms with Crippen LogP contribution in [-0.2, 0) is 6.54 Å². The number of hydrogen-bond donors (Lipinski definition) is 1. The van der Waals surface area contributed by atoms with Crippen molar-refractivity contribution in [3.05, 3.63) is 40.6 Å². The van der Waals surface area contributed by atoms with Crippen molar-refractivity contribution in [3.8, 4) is 16.9 Å². The summed E-state index contributed by atoms with van der Waals surface area (Å²) in [6.07, 6.45) is 0.196. The van der Waals surface area contributed by atoms with Gasteiger partial charge in [0.25, 0.3) is 0 Å². The molecule has 17 heavy (non-hydrogen) atoms. The molecule has 0 saturated heterocycles. The van der Waals surface area contributed by atoms with Crippen molar-refractivity contribution >= 4 is 11.3 Å². The van der Waals surface area contributed by atoms with E-state index in [9.17, 15) is 0 Å². The number of ether oxygens (including phenoxy) is 1. The summed E-state index contributed by atoms with van der Waals surface area (Å²) in [5, 5.41) is 2.08. The van der Waals surface area contributed by atoms with Gasteiger partial charge in [-0.05, 0) is 48.6 Å². The van der Waals surface area contributed by atoms with Gasteiger partial charge in [0, 0.05) is 11.4 Å². The molecule has 0 spiro atoms. The van der Waals surface area contributed by atoms with Crippen molar-refractivity contribution in [1.29, 1.82) is 0 Å². The third kappa shape index (κ3) is 2.87. The Balaban J connectivity index is 2.33. The first kappa shape index (κ1) is 12.1. The molecule has 90 valence electrons. The van der Waals surface area contributed by atoms with Crippen molar-refractivity contribution in [1.82, 2.24) is 0 Å². The fourth-order valence-corrected chi connectivity index (χ4v) is 2.54. The van der Waals surface area contributed by atoms with Crippen LogP contribution in [-0.4, -0.2) is 6.10 Å². The summed E-state index contributed by atoms with van der Waals surface area (Å²) in [5.41, 5.74) is 8.12. The molecule has 1 aromatic heterocycles. The molecule has 0 saturated carbocycles. The number of hydrogen-bond acceptors (Lipinski definition) is 3. The average Bonchev–Trinajstić information content (AvgIpc) is 2.76. The van der Waals surface area contributed by atoms with Gasteiger partial charge in [0.2, 0.25) is 0 Å². The van der Waals surface area contributed by atoms with Crippen molar-refractivity contribution in [2.24, 2.45) is 5.73 Å². The lowest BCUT2D eigenvalue weighted by Crippen LogP contribution is -2.05. The highest BCUT2D eigenvalue weighted by molar-refractivity contribution is 7.10. The smallest absolute Gasteiger partial charge is 0.120 e. The molecule has 0 aliphatic carbocycles. The number of benzene rings is 1. The van der Waals surface area contributed by atoms with Crippen LogP contribution in [0.2, 0.25) is 0 Å². The Kier molecular flexibility index (Phi) is 3.82. The highest BCUT2D eigenvalue weighted by atomic mass is 32.1. The fraction of sp³-hybridized carbons (Fsp3) is 0.286. The second-order valence-electron chi connectivity index (χ2n) is 4.16. The van der Waals surface area contributed by atoms with Gasteiger partial charge in [-0.25, -0.2) is 0 Å². The summed E-state index contributed by atoms with van der Waals surface area (Å²) in [5.74, 6) is 0.909. The summed E-state index contributed by atoms with van der Waals surface area (Å²) in [7, 11) is 0. The monoisotopic (exact) mass is 247 g/mol. The van der Waals surface area contributed by atoms with Crippen LogP contribution in [0.25, 0.3) is 11.1 Å². The summed E-state index contributed by atoms with van der Waals surface area (Å²) >= 11 is 1.70. The van der Waals surface area contributed by atoms with E-state index in [0.29, 0.717) is 6.54 Å². The Morgan fingerprint density at radius 3 is 2.82 bits per heavy atom. The van der Waals surface area contributed by atoms with E-state index in [1.807, 2.05) is 26.0 Å². The molecule has 0 aliphatic heterocycles. The quantitative estimate of drug-likeness (QED) is 0.894. The van der Waals surface area contributed by atoms with Gasteiger partial charge < -0.3 is 10.5 Å². The predicted molar refractivity (Wildman–Crippen MR) is 73.4 cm³/mol. The second kappa shape index (κ2) is 5.34. The number of thiophene rings is 1. The van der Waals surface area contributed by atoms with Crippen LogP contribution in [0.4, 0.5) is 0 Å². The largest absolute Gasteiger partial charge is 0.491 e. The zero-order valence-electron chi connectivity index (χ0n) is 10.1. The standard InChI is InChI=1S/C14H17NOS/c1-10(2)16-12-5-3-4-11(8-12)13-6-7-17-14(13)9-15/h3-8,10H,9,15H2,1-2H3. The Labute approximate surface area is 106 Å². The van der Waals surface area contributed by atoms with Crippen molar-refractivity contribution < 1.29 is 4.74 Å². The lowest BCUT2D eigenvalue weighted by Gasteiger charge is -2.11. The molecule has 0 fully saturated rings. The van der Waals surface area contributed by atoms with Crippen LogP contribution in [0.15, 0.2) is 35.7 Å². The molecular weight excluding hydrogens is 230 g/mol. The lowest BCUT2D eigenvalue weighted by molar-refractivity contribution is 0.242. The highest BCUT2D eigenvalue weighted by Crippen LogP contribution is 2.30. The predicted octanol–water partition coefficient (Wildman–Crippen LogP) is 3.66. The molecule has 2 rings (SSSR count). The maximum Gasteiger partial charge on any atom is 0.120 e. The maximum atomic E-state index is 5.73. The van der Waals surface area contributed by atoms with E-state index in [-0.39, 0.29) is 6.10 Å². The van der Waals surface area contributed by atoms with Crippen LogP contribution < -0.4 is 10.5 Å². The van der Waals surface area contributed by atoms with E-state index in [2.05, 4.69) is 23.6 Å². The molecule has 2 aromatic rings. The molecule has 0 radical (unpaired) electrons. The van der Waals surface area contributed by atoms with Crippen LogP contribution in [0.3, 0.4) is 0 Å². The number of nitrogens with two attached hydrogens (primary N) is 1. The van der Waals surface area contributed by atoms with Crippen LogP contribution in [0.5, 0.6) is 5.75 Å². The van der Waals surface area contributed by atoms with E-state index in [0.717, 1.165) is 5.75 Å². The molecule has 0 amide bonds. The zero-order chi connectivity index (χ0) is 12.3. The zero-order valence-corrected chi connectivity index (χ0v) is 11.0. The Hall–Kier alpha value is -1.32. The molecule has 2 nitrogen and oxygen atoms in total. The first-order valence-corrected chi connectivity index (χ1v) is 6.62. The van der Waals surface area contributed by atoms with Crippen LogP contribution in [0.1, 0.15) is 18.7 Å². The van der Waals surface area contributed by atoms with Gasteiger partial charge in [-0.15, -0.1) is 11.3 Å². The van der Waals surface area contributed by atoms with Gasteiger partial charge in [-0.1, -0.05) is 12.1 Å². The fourth-order valence-electron chi connectivity index (χ4n) is 1.77. The van der Waals surface area contributed by atoms with E-state index in [4.69, 9.17) is 10.5 Å². The SMILES string of the molecule is CC(C)Oc1cccc(-c2ccsc2CN)c1. The van der Waals surface area contributed by atoms with Gasteiger partial charge in [0.05, 0.1) is 6.10 Å². The van der Waals surface area contributed by atoms with Crippen molar-refractivity contribution in [2.75, 3.05) is 0 Å². The summed E-state index contributed by atoms with van der Waals surface area (Å²) in [4.78, 5) is 1.21. The molecule has 0 atom stereocenters. The molecular formula is C14H17NOS. The summed E-state index contributed by atoms with van der Waals surface area (Å²) < 4.78 is 5.70. The Morgan fingerprint density at radius 1 is 1.29 bits per heavy atom. The molecule has 2 N–H and O–H groups in total. The molecule has 0 bridgehead atoms. The van der Waals surface area contributed by atoms with Crippen LogP contribution in [0, 0.1) is 0 Å². The topological polar surface area (TPSA) is 35.2 Å². The summed E-state index contributed by atoms with van der Waals surface area (Å²) in [6.45, 7) is 4.65. The van der Waals surface area contributed by atoms with Gasteiger partial charge in [-0.3, -0.25) is 0 Å². The van der Waals surface area contributed by atoms with E-state index in [1.165, 1.54) is 16.0 Å². The van der Waals surface area contributed by atoms with Crippen LogP contribution >= 0.6 is 11.3 Å². The molecule has 0 aliphatic rings. The molecule has 3 heteroatoms. The molecule has 0 unspecified atom stereocenters. The summed E-state index contributed by atoms with van der Waals surface area (Å²) in [6, 6.07) is 10.3. The van der Waals surface area contributed by atoms with E-state index >= 15 is 0 Å². The first-order chi connectivity index (χ1) is 8.20. The van der Waals surface area contributed by atoms with E-state index < -0.39 is 0 Å². The highest BCUT2D eigenvalue weighted by Gasteiger charge is 2.06. The van der Waals surface area contributed by atoms with Crippen molar-refractivity contribution in [3.63, 3.8) is 0 Å².